The van der Waals surface area contributed by atoms with Gasteiger partial charge in [0.05, 0.1) is 21.2 Å². The fraction of sp³-hybridized carbons (Fsp3) is 0.0455. The summed E-state index contributed by atoms with van der Waals surface area (Å²) in [6, 6.07) is 17.9. The molecule has 0 radical (unpaired) electrons. The molecule has 9 heteroatoms. The van der Waals surface area contributed by atoms with Crippen molar-refractivity contribution in [3.8, 4) is 0 Å². The van der Waals surface area contributed by atoms with Crippen LogP contribution in [0, 0.1) is 0 Å². The van der Waals surface area contributed by atoms with Gasteiger partial charge in [0.1, 0.15) is 0 Å². The molecule has 0 aliphatic carbocycles. The van der Waals surface area contributed by atoms with E-state index in [-0.39, 0.29) is 16.6 Å². The average molecular weight is 644 g/mol. The Morgan fingerprint density at radius 3 is 2.29 bits per heavy atom. The molecule has 0 bridgehead atoms. The summed E-state index contributed by atoms with van der Waals surface area (Å²) in [7, 11) is -3.62. The second-order valence-corrected chi connectivity index (χ2v) is 12.4. The van der Waals surface area contributed by atoms with E-state index >= 15 is 0 Å². The maximum absolute atomic E-state index is 13.0. The molecular formula is C22H14Br3NO3S2. The topological polar surface area (TPSA) is 63.2 Å². The fourth-order valence-corrected chi connectivity index (χ4v) is 7.26. The molecule has 0 aromatic heterocycles. The van der Waals surface area contributed by atoms with Crippen LogP contribution in [0.4, 0.5) is 5.69 Å². The second kappa shape index (κ2) is 9.23. The van der Waals surface area contributed by atoms with Crippen molar-refractivity contribution in [1.82, 2.24) is 0 Å². The average Bonchev–Trinajstić information content (AvgIpc) is 2.72. The highest BCUT2D eigenvalue weighted by Gasteiger charge is 2.25. The number of nitrogens with one attached hydrogen (secondary N) is 1. The molecule has 0 atom stereocenters. The third kappa shape index (κ3) is 5.17. The van der Waals surface area contributed by atoms with Gasteiger partial charge in [-0.15, -0.1) is 0 Å². The molecule has 0 unspecified atom stereocenters. The van der Waals surface area contributed by atoms with Crippen LogP contribution in [0.15, 0.2) is 88.8 Å². The van der Waals surface area contributed by atoms with Gasteiger partial charge in [-0.1, -0.05) is 77.8 Å². The number of halogens is 3. The highest BCUT2D eigenvalue weighted by molar-refractivity contribution is 9.11. The van der Waals surface area contributed by atoms with E-state index in [2.05, 4.69) is 53.1 Å². The molecule has 1 heterocycles. The van der Waals surface area contributed by atoms with E-state index in [0.29, 0.717) is 16.2 Å². The van der Waals surface area contributed by atoms with Gasteiger partial charge in [0.2, 0.25) is 0 Å². The number of amides is 1. The SMILES string of the molecule is O=C1Nc2cc(S(=O)(=O)Cc3c(Br)cccc3Br)ccc2SC1=Cc1ccc(Br)cc1. The van der Waals surface area contributed by atoms with Crippen molar-refractivity contribution in [2.45, 2.75) is 15.5 Å². The third-order valence-electron chi connectivity index (χ3n) is 4.57. The fourth-order valence-electron chi connectivity index (χ4n) is 2.99. The normalized spacial score (nSPS) is 14.9. The third-order valence-corrected chi connectivity index (χ3v) is 9.32. The van der Waals surface area contributed by atoms with Gasteiger partial charge in [-0.3, -0.25) is 4.79 Å². The van der Waals surface area contributed by atoms with Crippen LogP contribution >= 0.6 is 59.6 Å². The summed E-state index contributed by atoms with van der Waals surface area (Å²) >= 11 is 11.5. The van der Waals surface area contributed by atoms with Crippen molar-refractivity contribution in [2.75, 3.05) is 5.32 Å². The van der Waals surface area contributed by atoms with E-state index in [1.54, 1.807) is 24.3 Å². The van der Waals surface area contributed by atoms with Crippen molar-refractivity contribution in [3.63, 3.8) is 0 Å². The number of rotatable bonds is 4. The van der Waals surface area contributed by atoms with Crippen molar-refractivity contribution < 1.29 is 13.2 Å². The summed E-state index contributed by atoms with van der Waals surface area (Å²) in [4.78, 5) is 14.1. The number of thioether (sulfide) groups is 1. The lowest BCUT2D eigenvalue weighted by molar-refractivity contribution is -0.112. The van der Waals surface area contributed by atoms with E-state index in [9.17, 15) is 13.2 Å². The molecule has 0 spiro atoms. The van der Waals surface area contributed by atoms with E-state index < -0.39 is 9.84 Å². The Kier molecular flexibility index (Phi) is 6.79. The Hall–Kier alpha value is -1.39. The summed E-state index contributed by atoms with van der Waals surface area (Å²) in [5, 5.41) is 2.82. The Labute approximate surface area is 209 Å². The number of hydrogen-bond acceptors (Lipinski definition) is 4. The summed E-state index contributed by atoms with van der Waals surface area (Å²) < 4.78 is 28.5. The number of carbonyl (C=O) groups excluding carboxylic acids is 1. The zero-order valence-corrected chi connectivity index (χ0v) is 22.1. The molecule has 4 rings (SSSR count). The predicted molar refractivity (Wildman–Crippen MR) is 136 cm³/mol. The maximum Gasteiger partial charge on any atom is 0.262 e. The highest BCUT2D eigenvalue weighted by atomic mass is 79.9. The largest absolute Gasteiger partial charge is 0.320 e. The zero-order chi connectivity index (χ0) is 22.2. The molecule has 31 heavy (non-hydrogen) atoms. The van der Waals surface area contributed by atoms with Crippen LogP contribution in [0.3, 0.4) is 0 Å². The van der Waals surface area contributed by atoms with Crippen molar-refractivity contribution in [1.29, 1.82) is 0 Å². The molecule has 1 amide bonds. The lowest BCUT2D eigenvalue weighted by Crippen LogP contribution is -2.18. The number of benzene rings is 3. The number of carbonyl (C=O) groups is 1. The minimum atomic E-state index is -3.62. The van der Waals surface area contributed by atoms with Crippen LogP contribution in [0.25, 0.3) is 6.08 Å². The Balaban J connectivity index is 1.62. The Bertz CT molecular complexity index is 1300. The van der Waals surface area contributed by atoms with Crippen LogP contribution in [0.2, 0.25) is 0 Å². The minimum Gasteiger partial charge on any atom is -0.320 e. The standard InChI is InChI=1S/C22H14Br3NO3S2/c23-14-6-4-13(5-7-14)10-21-22(27)26-19-11-15(8-9-20(19)30-21)31(28,29)12-16-17(24)2-1-3-18(16)25/h1-11H,12H2,(H,26,27). The lowest BCUT2D eigenvalue weighted by Gasteiger charge is -2.19. The molecule has 4 nitrogen and oxygen atoms in total. The van der Waals surface area contributed by atoms with Crippen molar-refractivity contribution in [3.05, 3.63) is 90.1 Å². The first kappa shape index (κ1) is 22.8. The number of sulfone groups is 1. The summed E-state index contributed by atoms with van der Waals surface area (Å²) in [5.74, 6) is -0.424. The predicted octanol–water partition coefficient (Wildman–Crippen LogP) is 7.03. The number of fused-ring (bicyclic) bond motifs is 1. The maximum atomic E-state index is 13.0. The molecular weight excluding hydrogens is 630 g/mol. The van der Waals surface area contributed by atoms with E-state index in [4.69, 9.17) is 0 Å². The number of anilines is 1. The van der Waals surface area contributed by atoms with Gasteiger partial charge in [0, 0.05) is 18.3 Å². The van der Waals surface area contributed by atoms with Crippen LogP contribution < -0.4 is 5.32 Å². The van der Waals surface area contributed by atoms with Gasteiger partial charge < -0.3 is 5.32 Å². The van der Waals surface area contributed by atoms with Gasteiger partial charge in [-0.05, 0) is 59.7 Å². The number of hydrogen-bond donors (Lipinski definition) is 1. The van der Waals surface area contributed by atoms with Gasteiger partial charge in [-0.2, -0.15) is 0 Å². The molecule has 1 N–H and O–H groups in total. The first-order chi connectivity index (χ1) is 14.7. The molecule has 1 aliphatic heterocycles. The van der Waals surface area contributed by atoms with Gasteiger partial charge in [0.15, 0.2) is 9.84 Å². The molecule has 0 saturated heterocycles. The Morgan fingerprint density at radius 1 is 0.935 bits per heavy atom. The first-order valence-electron chi connectivity index (χ1n) is 8.99. The van der Waals surface area contributed by atoms with Crippen LogP contribution in [-0.4, -0.2) is 14.3 Å². The summed E-state index contributed by atoms with van der Waals surface area (Å²) in [6.07, 6.45) is 1.81. The van der Waals surface area contributed by atoms with Crippen LogP contribution in [0.1, 0.15) is 11.1 Å². The Morgan fingerprint density at radius 2 is 1.61 bits per heavy atom. The van der Waals surface area contributed by atoms with E-state index in [1.165, 1.54) is 17.8 Å². The lowest BCUT2D eigenvalue weighted by atomic mass is 10.2. The van der Waals surface area contributed by atoms with Gasteiger partial charge >= 0.3 is 0 Å². The first-order valence-corrected chi connectivity index (χ1v) is 13.8. The van der Waals surface area contributed by atoms with Crippen LogP contribution in [0.5, 0.6) is 0 Å². The second-order valence-electron chi connectivity index (χ2n) is 6.73. The zero-order valence-electron chi connectivity index (χ0n) is 15.7. The quantitative estimate of drug-likeness (QED) is 0.310. The van der Waals surface area contributed by atoms with Gasteiger partial charge in [-0.25, -0.2) is 8.42 Å². The van der Waals surface area contributed by atoms with Crippen molar-refractivity contribution >= 4 is 87.1 Å². The molecule has 3 aromatic rings. The smallest absolute Gasteiger partial charge is 0.262 e. The molecule has 0 fully saturated rings. The molecule has 3 aromatic carbocycles. The summed E-state index contributed by atoms with van der Waals surface area (Å²) in [5.41, 5.74) is 2.05. The van der Waals surface area contributed by atoms with Crippen molar-refractivity contribution in [2.24, 2.45) is 0 Å². The summed E-state index contributed by atoms with van der Waals surface area (Å²) in [6.45, 7) is 0. The highest BCUT2D eigenvalue weighted by Crippen LogP contribution is 2.40. The van der Waals surface area contributed by atoms with Gasteiger partial charge in [0.25, 0.3) is 5.91 Å². The van der Waals surface area contributed by atoms with Crippen LogP contribution in [-0.2, 0) is 20.4 Å². The molecule has 158 valence electrons. The minimum absolute atomic E-state index is 0.162. The molecule has 1 aliphatic rings. The molecule has 0 saturated carbocycles. The van der Waals surface area contributed by atoms with E-state index in [1.807, 2.05) is 36.4 Å². The monoisotopic (exact) mass is 641 g/mol. The van der Waals surface area contributed by atoms with E-state index in [0.717, 1.165) is 23.9 Å².